The van der Waals surface area contributed by atoms with Crippen molar-refractivity contribution in [3.8, 4) is 17.2 Å². The number of rotatable bonds is 2. The van der Waals surface area contributed by atoms with Crippen molar-refractivity contribution in [3.63, 3.8) is 0 Å². The van der Waals surface area contributed by atoms with Crippen LogP contribution >= 0.6 is 0 Å². The highest BCUT2D eigenvalue weighted by Crippen LogP contribution is 2.35. The monoisotopic (exact) mass is 282 g/mol. The topological polar surface area (TPSA) is 110 Å². The van der Waals surface area contributed by atoms with Crippen LogP contribution in [0.4, 0.5) is 0 Å². The van der Waals surface area contributed by atoms with Crippen molar-refractivity contribution >= 4 is 5.97 Å². The van der Waals surface area contributed by atoms with Crippen LogP contribution in [0.25, 0.3) is 17.2 Å². The molecule has 2 N–H and O–H groups in total. The van der Waals surface area contributed by atoms with Gasteiger partial charge in [-0.05, 0) is 24.5 Å². The number of aromatic amines is 1. The first kappa shape index (κ1) is 11.8. The lowest BCUT2D eigenvalue weighted by molar-refractivity contribution is 0.0690. The van der Waals surface area contributed by atoms with Gasteiger partial charge in [0.25, 0.3) is 5.95 Å². The number of H-pyrrole nitrogens is 1. The second-order valence-electron chi connectivity index (χ2n) is 4.71. The van der Waals surface area contributed by atoms with Gasteiger partial charge in [-0.15, -0.1) is 0 Å². The molecule has 1 aliphatic carbocycles. The Morgan fingerprint density at radius 3 is 2.86 bits per heavy atom. The van der Waals surface area contributed by atoms with Crippen LogP contribution in [0, 0.1) is 0 Å². The predicted molar refractivity (Wildman–Crippen MR) is 71.1 cm³/mol. The van der Waals surface area contributed by atoms with Gasteiger partial charge in [0.1, 0.15) is 0 Å². The van der Waals surface area contributed by atoms with Gasteiger partial charge in [0.2, 0.25) is 0 Å². The normalized spacial score (nSPS) is 12.8. The Morgan fingerprint density at radius 1 is 1.29 bits per heavy atom. The molecule has 0 fully saturated rings. The van der Waals surface area contributed by atoms with E-state index in [1.807, 2.05) is 0 Å². The van der Waals surface area contributed by atoms with E-state index in [9.17, 15) is 9.90 Å². The van der Waals surface area contributed by atoms with Gasteiger partial charge >= 0.3 is 5.97 Å². The molecule has 0 saturated carbocycles. The third-order valence-corrected chi connectivity index (χ3v) is 3.52. The first-order chi connectivity index (χ1) is 10.3. The Labute approximate surface area is 118 Å². The summed E-state index contributed by atoms with van der Waals surface area (Å²) < 4.78 is 1.50. The third kappa shape index (κ3) is 1.65. The molecule has 1 aliphatic rings. The number of nitrogens with zero attached hydrogens (tertiary/aromatic N) is 5. The molecule has 0 aromatic carbocycles. The summed E-state index contributed by atoms with van der Waals surface area (Å²) in [6.07, 6.45) is 6.36. The summed E-state index contributed by atoms with van der Waals surface area (Å²) in [6.45, 7) is 0. The molecular formula is C13H10N6O2. The number of aryl methyl sites for hydroxylation is 1. The van der Waals surface area contributed by atoms with E-state index in [1.54, 1.807) is 24.7 Å². The highest BCUT2D eigenvalue weighted by atomic mass is 16.4. The van der Waals surface area contributed by atoms with Crippen molar-refractivity contribution in [2.24, 2.45) is 0 Å². The predicted octanol–water partition coefficient (Wildman–Crippen LogP) is 0.849. The highest BCUT2D eigenvalue weighted by molar-refractivity contribution is 5.95. The van der Waals surface area contributed by atoms with Crippen LogP contribution in [0.2, 0.25) is 0 Å². The highest BCUT2D eigenvalue weighted by Gasteiger charge is 2.30. The first-order valence-electron chi connectivity index (χ1n) is 6.41. The molecule has 0 bridgehead atoms. The Hall–Kier alpha value is -3.03. The van der Waals surface area contributed by atoms with E-state index in [1.165, 1.54) is 4.68 Å². The molecule has 0 saturated heterocycles. The standard InChI is InChI=1S/C13H10N6O2/c20-12(21)11-9-8(3-2-7-6-16-17-10(7)9)19(18-11)13-14-4-1-5-15-13/h1,4-6H,2-3H2,(H,16,17)(H,20,21). The van der Waals surface area contributed by atoms with Crippen LogP contribution in [0.5, 0.6) is 0 Å². The molecule has 8 heteroatoms. The molecule has 0 radical (unpaired) electrons. The Morgan fingerprint density at radius 2 is 2.10 bits per heavy atom. The molecule has 104 valence electrons. The van der Waals surface area contributed by atoms with Crippen molar-refractivity contribution in [1.29, 1.82) is 0 Å². The molecule has 21 heavy (non-hydrogen) atoms. The van der Waals surface area contributed by atoms with E-state index >= 15 is 0 Å². The number of hydrogen-bond donors (Lipinski definition) is 2. The molecule has 3 heterocycles. The fourth-order valence-electron chi connectivity index (χ4n) is 2.63. The number of carboxylic acids is 1. The lowest BCUT2D eigenvalue weighted by Gasteiger charge is -2.13. The number of hydrogen-bond acceptors (Lipinski definition) is 5. The molecule has 3 aromatic rings. The Bertz CT molecular complexity index is 836. The van der Waals surface area contributed by atoms with Gasteiger partial charge in [-0.25, -0.2) is 19.4 Å². The maximum atomic E-state index is 11.5. The van der Waals surface area contributed by atoms with Gasteiger partial charge in [-0.2, -0.15) is 10.2 Å². The zero-order valence-electron chi connectivity index (χ0n) is 10.8. The van der Waals surface area contributed by atoms with Crippen LogP contribution in [0.1, 0.15) is 21.7 Å². The van der Waals surface area contributed by atoms with Gasteiger partial charge in [0.15, 0.2) is 5.69 Å². The smallest absolute Gasteiger partial charge is 0.357 e. The molecule has 0 atom stereocenters. The Balaban J connectivity index is 2.01. The minimum atomic E-state index is -1.08. The maximum Gasteiger partial charge on any atom is 0.357 e. The van der Waals surface area contributed by atoms with Gasteiger partial charge < -0.3 is 5.11 Å². The Kier molecular flexibility index (Phi) is 2.37. The molecule has 3 aromatic heterocycles. The zero-order valence-corrected chi connectivity index (χ0v) is 10.8. The molecule has 0 spiro atoms. The SMILES string of the molecule is O=C(O)c1nn(-c2ncccn2)c2c1-c1[nH]ncc1CC2. The fraction of sp³-hybridized carbons (Fsp3) is 0.154. The number of nitrogens with one attached hydrogen (secondary N) is 1. The quantitative estimate of drug-likeness (QED) is 0.721. The lowest BCUT2D eigenvalue weighted by atomic mass is 9.94. The third-order valence-electron chi connectivity index (χ3n) is 3.52. The summed E-state index contributed by atoms with van der Waals surface area (Å²) in [5, 5.41) is 20.5. The second kappa shape index (κ2) is 4.23. The minimum absolute atomic E-state index is 0.0114. The summed E-state index contributed by atoms with van der Waals surface area (Å²) >= 11 is 0. The van der Waals surface area contributed by atoms with E-state index in [0.717, 1.165) is 23.4 Å². The van der Waals surface area contributed by atoms with Crippen LogP contribution < -0.4 is 0 Å². The van der Waals surface area contributed by atoms with Crippen molar-refractivity contribution in [1.82, 2.24) is 29.9 Å². The summed E-state index contributed by atoms with van der Waals surface area (Å²) in [5.41, 5.74) is 3.07. The zero-order chi connectivity index (χ0) is 14.4. The molecule has 0 aliphatic heterocycles. The number of aromatic nitrogens is 6. The van der Waals surface area contributed by atoms with Crippen LogP contribution in [-0.4, -0.2) is 41.0 Å². The number of carboxylic acid groups (broad SMARTS) is 1. The molecule has 0 amide bonds. The van der Waals surface area contributed by atoms with Gasteiger partial charge in [0, 0.05) is 12.4 Å². The minimum Gasteiger partial charge on any atom is -0.476 e. The average Bonchev–Trinajstić information content (AvgIpc) is 3.11. The van der Waals surface area contributed by atoms with Gasteiger partial charge in [-0.3, -0.25) is 5.10 Å². The van der Waals surface area contributed by atoms with E-state index in [-0.39, 0.29) is 5.69 Å². The number of fused-ring (bicyclic) bond motifs is 3. The van der Waals surface area contributed by atoms with Crippen LogP contribution in [0.15, 0.2) is 24.7 Å². The van der Waals surface area contributed by atoms with Crippen LogP contribution in [-0.2, 0) is 12.8 Å². The van der Waals surface area contributed by atoms with E-state index in [2.05, 4.69) is 25.3 Å². The lowest BCUT2D eigenvalue weighted by Crippen LogP contribution is -2.10. The largest absolute Gasteiger partial charge is 0.476 e. The number of carbonyl (C=O) groups is 1. The first-order valence-corrected chi connectivity index (χ1v) is 6.41. The van der Waals surface area contributed by atoms with Gasteiger partial charge in [0.05, 0.1) is 23.1 Å². The van der Waals surface area contributed by atoms with E-state index in [4.69, 9.17) is 0 Å². The molecule has 0 unspecified atom stereocenters. The molecular weight excluding hydrogens is 272 g/mol. The van der Waals surface area contributed by atoms with E-state index < -0.39 is 5.97 Å². The number of aromatic carboxylic acids is 1. The van der Waals surface area contributed by atoms with Crippen molar-refractivity contribution < 1.29 is 9.90 Å². The van der Waals surface area contributed by atoms with Crippen molar-refractivity contribution in [2.75, 3.05) is 0 Å². The van der Waals surface area contributed by atoms with E-state index in [0.29, 0.717) is 17.9 Å². The van der Waals surface area contributed by atoms with Crippen molar-refractivity contribution in [2.45, 2.75) is 12.8 Å². The molecule has 4 rings (SSSR count). The average molecular weight is 282 g/mol. The second-order valence-corrected chi connectivity index (χ2v) is 4.71. The molecule has 8 nitrogen and oxygen atoms in total. The van der Waals surface area contributed by atoms with Gasteiger partial charge in [-0.1, -0.05) is 0 Å². The maximum absolute atomic E-state index is 11.5. The van der Waals surface area contributed by atoms with Crippen LogP contribution in [0.3, 0.4) is 0 Å². The fourth-order valence-corrected chi connectivity index (χ4v) is 2.63. The summed E-state index contributed by atoms with van der Waals surface area (Å²) in [5.74, 6) is -0.715. The summed E-state index contributed by atoms with van der Waals surface area (Å²) in [7, 11) is 0. The summed E-state index contributed by atoms with van der Waals surface area (Å²) in [4.78, 5) is 19.8. The summed E-state index contributed by atoms with van der Waals surface area (Å²) in [6, 6.07) is 1.70. The van der Waals surface area contributed by atoms with Crippen molar-refractivity contribution in [3.05, 3.63) is 41.6 Å².